The van der Waals surface area contributed by atoms with Crippen LogP contribution in [0.25, 0.3) is 11.3 Å². The zero-order chi connectivity index (χ0) is 12.1. The maximum Gasteiger partial charge on any atom is 0.182 e. The molecule has 84 valence electrons. The average Bonchev–Trinajstić information content (AvgIpc) is 2.40. The summed E-state index contributed by atoms with van der Waals surface area (Å²) in [5.41, 5.74) is 1.65. The van der Waals surface area contributed by atoms with Gasteiger partial charge in [0.05, 0.1) is 12.8 Å². The van der Waals surface area contributed by atoms with Crippen molar-refractivity contribution < 1.29 is 4.74 Å². The van der Waals surface area contributed by atoms with E-state index in [0.717, 1.165) is 17.0 Å². The van der Waals surface area contributed by atoms with E-state index in [-0.39, 0.29) is 0 Å². The molecule has 0 saturated carbocycles. The van der Waals surface area contributed by atoms with Crippen molar-refractivity contribution in [1.82, 2.24) is 10.2 Å². The monoisotopic (exact) mass is 226 g/mol. The van der Waals surface area contributed by atoms with Gasteiger partial charge in [-0.05, 0) is 24.3 Å². The molecule has 0 amide bonds. The van der Waals surface area contributed by atoms with E-state index in [0.29, 0.717) is 5.82 Å². The molecule has 1 aromatic carbocycles. The van der Waals surface area contributed by atoms with Crippen LogP contribution in [0.2, 0.25) is 0 Å². The van der Waals surface area contributed by atoms with Crippen LogP contribution in [0.1, 0.15) is 0 Å². The maximum atomic E-state index is 8.43. The number of nitriles is 1. The molecule has 5 nitrogen and oxygen atoms in total. The fraction of sp³-hybridized carbons (Fsp3) is 0.0833. The molecule has 0 spiro atoms. The van der Waals surface area contributed by atoms with Gasteiger partial charge in [0.15, 0.2) is 12.0 Å². The SMILES string of the molecule is COc1cccc(-c2ccc(NC#N)nn2)c1. The second-order valence-corrected chi connectivity index (χ2v) is 3.27. The summed E-state index contributed by atoms with van der Waals surface area (Å²) in [5, 5.41) is 18.7. The van der Waals surface area contributed by atoms with Gasteiger partial charge in [0.25, 0.3) is 0 Å². The minimum atomic E-state index is 0.430. The molecule has 1 aromatic heterocycles. The Morgan fingerprint density at radius 2 is 2.12 bits per heavy atom. The van der Waals surface area contributed by atoms with Gasteiger partial charge in [0.2, 0.25) is 0 Å². The van der Waals surface area contributed by atoms with E-state index in [1.807, 2.05) is 24.3 Å². The summed E-state index contributed by atoms with van der Waals surface area (Å²) < 4.78 is 5.14. The molecule has 17 heavy (non-hydrogen) atoms. The van der Waals surface area contributed by atoms with Crippen molar-refractivity contribution in [3.05, 3.63) is 36.4 Å². The van der Waals surface area contributed by atoms with E-state index >= 15 is 0 Å². The molecule has 5 heteroatoms. The summed E-state index contributed by atoms with van der Waals surface area (Å²) in [6, 6.07) is 11.0. The predicted octanol–water partition coefficient (Wildman–Crippen LogP) is 2.05. The number of nitrogens with one attached hydrogen (secondary N) is 1. The third-order valence-corrected chi connectivity index (χ3v) is 2.21. The van der Waals surface area contributed by atoms with Crippen molar-refractivity contribution in [2.45, 2.75) is 0 Å². The van der Waals surface area contributed by atoms with Crippen LogP contribution in [0.3, 0.4) is 0 Å². The molecule has 0 radical (unpaired) electrons. The summed E-state index contributed by atoms with van der Waals surface area (Å²) in [7, 11) is 1.62. The summed E-state index contributed by atoms with van der Waals surface area (Å²) in [6.07, 6.45) is 1.79. The minimum Gasteiger partial charge on any atom is -0.497 e. The lowest BCUT2D eigenvalue weighted by atomic mass is 10.1. The van der Waals surface area contributed by atoms with Crippen LogP contribution in [0, 0.1) is 11.5 Å². The normalized spacial score (nSPS) is 9.41. The highest BCUT2D eigenvalue weighted by atomic mass is 16.5. The standard InChI is InChI=1S/C12H10N4O/c1-17-10-4-2-3-9(7-10)11-5-6-12(14-8-13)16-15-11/h2-7H,1H3,(H,14,16). The Bertz CT molecular complexity index is 545. The Labute approximate surface area is 98.7 Å². The first-order chi connectivity index (χ1) is 8.33. The number of rotatable bonds is 3. The highest BCUT2D eigenvalue weighted by molar-refractivity contribution is 5.61. The van der Waals surface area contributed by atoms with Gasteiger partial charge in [0, 0.05) is 5.56 Å². The van der Waals surface area contributed by atoms with Crippen molar-refractivity contribution in [2.24, 2.45) is 0 Å². The van der Waals surface area contributed by atoms with Crippen LogP contribution in [0.4, 0.5) is 5.82 Å². The highest BCUT2D eigenvalue weighted by Gasteiger charge is 2.02. The molecule has 0 atom stereocenters. The molecule has 1 N–H and O–H groups in total. The maximum absolute atomic E-state index is 8.43. The zero-order valence-electron chi connectivity index (χ0n) is 9.21. The van der Waals surface area contributed by atoms with Gasteiger partial charge in [0.1, 0.15) is 5.75 Å². The van der Waals surface area contributed by atoms with E-state index in [1.165, 1.54) is 0 Å². The third kappa shape index (κ3) is 2.49. The number of hydrogen-bond donors (Lipinski definition) is 1. The van der Waals surface area contributed by atoms with Crippen molar-refractivity contribution in [2.75, 3.05) is 12.4 Å². The molecule has 2 aromatic rings. The van der Waals surface area contributed by atoms with Crippen LogP contribution < -0.4 is 10.1 Å². The topological polar surface area (TPSA) is 70.8 Å². The third-order valence-electron chi connectivity index (χ3n) is 2.21. The van der Waals surface area contributed by atoms with Crippen LogP contribution in [-0.4, -0.2) is 17.3 Å². The van der Waals surface area contributed by atoms with Crippen molar-refractivity contribution in [3.63, 3.8) is 0 Å². The molecule has 2 rings (SSSR count). The summed E-state index contributed by atoms with van der Waals surface area (Å²) in [4.78, 5) is 0. The van der Waals surface area contributed by atoms with Crippen LogP contribution in [0.15, 0.2) is 36.4 Å². The number of methoxy groups -OCH3 is 1. The number of anilines is 1. The van der Waals surface area contributed by atoms with Gasteiger partial charge >= 0.3 is 0 Å². The van der Waals surface area contributed by atoms with Gasteiger partial charge in [-0.3, -0.25) is 5.32 Å². The average molecular weight is 226 g/mol. The Morgan fingerprint density at radius 1 is 1.24 bits per heavy atom. The van der Waals surface area contributed by atoms with Crippen LogP contribution in [-0.2, 0) is 0 Å². The van der Waals surface area contributed by atoms with Crippen molar-refractivity contribution in [1.29, 1.82) is 5.26 Å². The first kappa shape index (κ1) is 10.9. The molecule has 0 fully saturated rings. The molecule has 0 aliphatic carbocycles. The van der Waals surface area contributed by atoms with Gasteiger partial charge in [-0.1, -0.05) is 12.1 Å². The zero-order valence-corrected chi connectivity index (χ0v) is 9.21. The second kappa shape index (κ2) is 4.94. The number of hydrogen-bond acceptors (Lipinski definition) is 5. The fourth-order valence-corrected chi connectivity index (χ4v) is 1.39. The number of nitrogens with zero attached hydrogens (tertiary/aromatic N) is 3. The van der Waals surface area contributed by atoms with E-state index in [2.05, 4.69) is 15.5 Å². The predicted molar refractivity (Wildman–Crippen MR) is 63.3 cm³/mol. The lowest BCUT2D eigenvalue weighted by Crippen LogP contribution is -1.95. The van der Waals surface area contributed by atoms with Gasteiger partial charge in [-0.15, -0.1) is 10.2 Å². The largest absolute Gasteiger partial charge is 0.497 e. The molecule has 0 aliphatic heterocycles. The summed E-state index contributed by atoms with van der Waals surface area (Å²) in [6.45, 7) is 0. The van der Waals surface area contributed by atoms with Crippen molar-refractivity contribution in [3.8, 4) is 23.2 Å². The van der Waals surface area contributed by atoms with Gasteiger partial charge in [-0.25, -0.2) is 0 Å². The van der Waals surface area contributed by atoms with E-state index in [9.17, 15) is 0 Å². The van der Waals surface area contributed by atoms with Crippen LogP contribution >= 0.6 is 0 Å². The number of aromatic nitrogens is 2. The van der Waals surface area contributed by atoms with Gasteiger partial charge in [-0.2, -0.15) is 5.26 Å². The quantitative estimate of drug-likeness (QED) is 0.640. The smallest absolute Gasteiger partial charge is 0.182 e. The second-order valence-electron chi connectivity index (χ2n) is 3.27. The molecule has 1 heterocycles. The minimum absolute atomic E-state index is 0.430. The summed E-state index contributed by atoms with van der Waals surface area (Å²) >= 11 is 0. The first-order valence-corrected chi connectivity index (χ1v) is 4.97. The number of ether oxygens (including phenoxy) is 1. The Balaban J connectivity index is 2.30. The van der Waals surface area contributed by atoms with Crippen LogP contribution in [0.5, 0.6) is 5.75 Å². The van der Waals surface area contributed by atoms with Crippen molar-refractivity contribution >= 4 is 5.82 Å². The molecule has 0 aliphatic rings. The van der Waals surface area contributed by atoms with E-state index in [4.69, 9.17) is 10.00 Å². The fourth-order valence-electron chi connectivity index (χ4n) is 1.39. The van der Waals surface area contributed by atoms with E-state index < -0.39 is 0 Å². The summed E-state index contributed by atoms with van der Waals surface area (Å²) in [5.74, 6) is 1.20. The molecule has 0 saturated heterocycles. The first-order valence-electron chi connectivity index (χ1n) is 4.97. The molecular formula is C12H10N4O. The molecular weight excluding hydrogens is 216 g/mol. The lowest BCUT2D eigenvalue weighted by molar-refractivity contribution is 0.415. The van der Waals surface area contributed by atoms with Gasteiger partial charge < -0.3 is 4.74 Å². The number of benzene rings is 1. The molecule has 0 unspecified atom stereocenters. The lowest BCUT2D eigenvalue weighted by Gasteiger charge is -2.03. The Kier molecular flexibility index (Phi) is 3.17. The van der Waals surface area contributed by atoms with E-state index in [1.54, 1.807) is 25.4 Å². The Morgan fingerprint density at radius 3 is 2.76 bits per heavy atom. The highest BCUT2D eigenvalue weighted by Crippen LogP contribution is 2.21. The molecule has 0 bridgehead atoms. The Hall–Kier alpha value is -2.61.